The Bertz CT molecular complexity index is 1480. The minimum atomic E-state index is -0.838. The van der Waals surface area contributed by atoms with Crippen LogP contribution in [0, 0.1) is 35.5 Å². The summed E-state index contributed by atoms with van der Waals surface area (Å²) in [7, 11) is 7.92. The summed E-state index contributed by atoms with van der Waals surface area (Å²) < 4.78 is 18.1. The molecule has 3 amide bonds. The molecule has 1 aromatic carbocycles. The van der Waals surface area contributed by atoms with E-state index in [1.807, 2.05) is 95.8 Å². The molecular formula is C47H82N4O8Si. The topological polar surface area (TPSA) is 135 Å². The van der Waals surface area contributed by atoms with Gasteiger partial charge in [0.15, 0.2) is 5.78 Å². The number of ether oxygens (including phenoxy) is 3. The van der Waals surface area contributed by atoms with Crippen LogP contribution in [0.4, 0.5) is 4.79 Å². The Morgan fingerprint density at radius 3 is 2.00 bits per heavy atom. The highest BCUT2D eigenvalue weighted by Gasteiger charge is 2.43. The van der Waals surface area contributed by atoms with E-state index in [0.29, 0.717) is 19.5 Å². The van der Waals surface area contributed by atoms with Crippen molar-refractivity contribution >= 4 is 38.3 Å². The molecule has 0 aliphatic carbocycles. The Morgan fingerprint density at radius 2 is 1.48 bits per heavy atom. The summed E-state index contributed by atoms with van der Waals surface area (Å²) in [5, 5.41) is 2.89. The van der Waals surface area contributed by atoms with Gasteiger partial charge in [-0.2, -0.15) is 0 Å². The molecular weight excluding hydrogens is 777 g/mol. The third kappa shape index (κ3) is 15.0. The second-order valence-electron chi connectivity index (χ2n) is 18.8. The van der Waals surface area contributed by atoms with Crippen LogP contribution in [0.3, 0.4) is 0 Å². The van der Waals surface area contributed by atoms with Gasteiger partial charge in [0.25, 0.3) is 0 Å². The number of nitrogens with one attached hydrogen (secondary N) is 1. The van der Waals surface area contributed by atoms with Gasteiger partial charge in [0.1, 0.15) is 11.9 Å². The zero-order chi connectivity index (χ0) is 45.4. The number of benzene rings is 1. The quantitative estimate of drug-likeness (QED) is 0.0955. The molecule has 13 heteroatoms. The monoisotopic (exact) mass is 859 g/mol. The Labute approximate surface area is 364 Å². The molecule has 0 spiro atoms. The van der Waals surface area contributed by atoms with Crippen LogP contribution in [0.2, 0.25) is 19.1 Å². The Morgan fingerprint density at radius 1 is 0.850 bits per heavy atom. The van der Waals surface area contributed by atoms with Gasteiger partial charge in [0, 0.05) is 73.7 Å². The number of carbonyl (C=O) groups excluding carboxylic acids is 5. The van der Waals surface area contributed by atoms with Crippen LogP contribution in [-0.2, 0) is 33.4 Å². The van der Waals surface area contributed by atoms with E-state index in [2.05, 4.69) is 32.3 Å². The second-order valence-corrected chi connectivity index (χ2v) is 22.1. The number of ketones is 2. The van der Waals surface area contributed by atoms with Gasteiger partial charge in [-0.3, -0.25) is 24.1 Å². The van der Waals surface area contributed by atoms with Crippen molar-refractivity contribution in [1.82, 2.24) is 20.0 Å². The molecule has 0 saturated carbocycles. The molecule has 342 valence electrons. The van der Waals surface area contributed by atoms with Crippen molar-refractivity contribution in [2.75, 3.05) is 48.5 Å². The third-order valence-corrected chi connectivity index (χ3v) is 14.3. The molecule has 60 heavy (non-hydrogen) atoms. The van der Waals surface area contributed by atoms with Crippen LogP contribution in [-0.4, -0.2) is 132 Å². The van der Waals surface area contributed by atoms with Crippen molar-refractivity contribution in [2.45, 2.75) is 149 Å². The lowest BCUT2D eigenvalue weighted by molar-refractivity contribution is -0.149. The number of carbonyl (C=O) groups is 5. The molecule has 1 saturated heterocycles. The van der Waals surface area contributed by atoms with Gasteiger partial charge in [0.05, 0.1) is 36.8 Å². The summed E-state index contributed by atoms with van der Waals surface area (Å²) in [5.41, 5.74) is 0.822. The summed E-state index contributed by atoms with van der Waals surface area (Å²) in [6, 6.07) is 9.46. The molecule has 0 radical (unpaired) electrons. The van der Waals surface area contributed by atoms with Crippen LogP contribution in [0.5, 0.6) is 0 Å². The highest BCUT2D eigenvalue weighted by Crippen LogP contribution is 2.34. The predicted molar refractivity (Wildman–Crippen MR) is 243 cm³/mol. The first kappa shape index (κ1) is 53.0. The number of methoxy groups -OCH3 is 2. The van der Waals surface area contributed by atoms with Crippen molar-refractivity contribution in [3.63, 3.8) is 0 Å². The van der Waals surface area contributed by atoms with Crippen molar-refractivity contribution in [3.05, 3.63) is 35.9 Å². The molecule has 10 atom stereocenters. The first-order valence-corrected chi connectivity index (χ1v) is 25.7. The largest absolute Gasteiger partial charge is 0.441 e. The molecule has 1 aliphatic heterocycles. The van der Waals surface area contributed by atoms with Crippen LogP contribution >= 0.6 is 0 Å². The van der Waals surface area contributed by atoms with E-state index < -0.39 is 51.1 Å². The number of alkyl carbamates (subject to hydrolysis) is 1. The summed E-state index contributed by atoms with van der Waals surface area (Å²) in [5.74, 6) is -1.54. The third-order valence-electron chi connectivity index (χ3n) is 12.8. The maximum atomic E-state index is 14.4. The number of likely N-dealkylation sites (N-methyl/N-ethyl adjacent to an activating group) is 2. The molecule has 1 N–H and O–H groups in total. The SMILES string of the molecule is CC[C@H](C)[C@@H]([C@@H](CC(=O)N1CCC[C@H]1[C@H](OC)[C@@H](C)C(=O)C[C@H](C)[C@@H](OC(=O)NCC[SiH](C)C)c1ccccc1)OC)N(C)C(=O)[C@@H](CC(=O)[C@H](C(C)C)N(C)C)C(C)C. The highest BCUT2D eigenvalue weighted by atomic mass is 28.3. The smallest absolute Gasteiger partial charge is 0.407 e. The van der Waals surface area contributed by atoms with E-state index in [1.165, 1.54) is 0 Å². The molecule has 1 aliphatic rings. The molecule has 1 heterocycles. The maximum Gasteiger partial charge on any atom is 0.407 e. The fourth-order valence-corrected chi connectivity index (χ4v) is 9.91. The summed E-state index contributed by atoms with van der Waals surface area (Å²) in [4.78, 5) is 74.8. The lowest BCUT2D eigenvalue weighted by Crippen LogP contribution is -2.54. The minimum absolute atomic E-state index is 0.00241. The summed E-state index contributed by atoms with van der Waals surface area (Å²) >= 11 is 0. The van der Waals surface area contributed by atoms with E-state index in [0.717, 1.165) is 24.4 Å². The van der Waals surface area contributed by atoms with E-state index in [1.54, 1.807) is 26.2 Å². The number of Topliss-reactive ketones (excluding diaryl/α,β-unsaturated/α-hetero) is 2. The van der Waals surface area contributed by atoms with Crippen LogP contribution in [0.1, 0.15) is 106 Å². The molecule has 0 aromatic heterocycles. The van der Waals surface area contributed by atoms with Crippen LogP contribution in [0.25, 0.3) is 0 Å². The first-order chi connectivity index (χ1) is 28.2. The van der Waals surface area contributed by atoms with E-state index in [9.17, 15) is 24.0 Å². The maximum absolute atomic E-state index is 14.4. The normalized spacial score (nSPS) is 19.1. The Hall–Kier alpha value is -3.13. The fraction of sp³-hybridized carbons (Fsp3) is 0.766. The Kier molecular flexibility index (Phi) is 22.7. The molecule has 1 fully saturated rings. The Balaban J connectivity index is 2.28. The second kappa shape index (κ2) is 25.7. The summed E-state index contributed by atoms with van der Waals surface area (Å²) in [6.07, 6.45) is 0.306. The van der Waals surface area contributed by atoms with Gasteiger partial charge in [0.2, 0.25) is 11.8 Å². The molecule has 0 unspecified atom stereocenters. The number of hydrogen-bond donors (Lipinski definition) is 1. The van der Waals surface area contributed by atoms with Gasteiger partial charge in [-0.15, -0.1) is 0 Å². The molecule has 2 rings (SSSR count). The number of amides is 3. The zero-order valence-electron chi connectivity index (χ0n) is 39.9. The van der Waals surface area contributed by atoms with Crippen molar-refractivity contribution in [3.8, 4) is 0 Å². The van der Waals surface area contributed by atoms with Crippen LogP contribution in [0.15, 0.2) is 30.3 Å². The van der Waals surface area contributed by atoms with Crippen LogP contribution < -0.4 is 5.32 Å². The molecule has 1 aromatic rings. The molecule has 12 nitrogen and oxygen atoms in total. The minimum Gasteiger partial charge on any atom is -0.441 e. The van der Waals surface area contributed by atoms with E-state index in [-0.39, 0.29) is 78.4 Å². The fourth-order valence-electron chi connectivity index (χ4n) is 9.19. The standard InChI is InChI=1S/C47H82N4O8Si/c1-16-32(6)43(50(11)46(55)36(30(2)3)28-39(53)42(31(4)5)49(9)10)40(57-12)29-41(54)51-25-20-23-37(51)45(58-13)34(8)38(52)27-33(7)44(35-21-18-17-19-22-35)59-47(56)48-24-26-60(14)15/h17-19,21-22,30-34,36-37,40,42-45,60H,16,20,23-29H2,1-15H3,(H,48,56)/t32-,33-,34-,36-,37-,40+,42-,43-,44+,45+/m0/s1. The van der Waals surface area contributed by atoms with E-state index in [4.69, 9.17) is 14.2 Å². The van der Waals surface area contributed by atoms with Crippen molar-refractivity contribution in [1.29, 1.82) is 0 Å². The summed E-state index contributed by atoms with van der Waals surface area (Å²) in [6.45, 7) is 21.5. The zero-order valence-corrected chi connectivity index (χ0v) is 41.0. The average Bonchev–Trinajstić information content (AvgIpc) is 3.67. The number of hydrogen-bond acceptors (Lipinski definition) is 9. The van der Waals surface area contributed by atoms with Gasteiger partial charge < -0.3 is 29.3 Å². The van der Waals surface area contributed by atoms with Gasteiger partial charge in [-0.1, -0.05) is 105 Å². The highest BCUT2D eigenvalue weighted by molar-refractivity contribution is 6.55. The first-order valence-electron chi connectivity index (χ1n) is 22.5. The van der Waals surface area contributed by atoms with Gasteiger partial charge in [-0.05, 0) is 56.3 Å². The van der Waals surface area contributed by atoms with Crippen molar-refractivity contribution < 1.29 is 38.2 Å². The number of nitrogens with zero attached hydrogens (tertiary/aromatic N) is 3. The average molecular weight is 859 g/mol. The lowest BCUT2D eigenvalue weighted by atomic mass is 9.83. The van der Waals surface area contributed by atoms with E-state index >= 15 is 0 Å². The molecule has 0 bridgehead atoms. The number of rotatable bonds is 26. The van der Waals surface area contributed by atoms with Gasteiger partial charge >= 0.3 is 6.09 Å². The number of likely N-dealkylation sites (tertiary alicyclic amines) is 1. The lowest BCUT2D eigenvalue weighted by Gasteiger charge is -2.41. The van der Waals surface area contributed by atoms with Gasteiger partial charge in [-0.25, -0.2) is 4.79 Å². The predicted octanol–water partition coefficient (Wildman–Crippen LogP) is 7.27. The van der Waals surface area contributed by atoms with Crippen molar-refractivity contribution in [2.24, 2.45) is 35.5 Å².